The maximum atomic E-state index is 13.0. The average molecular weight is 407 g/mol. The molecule has 156 valence electrons. The van der Waals surface area contributed by atoms with E-state index in [1.165, 1.54) is 34.4 Å². The number of carbonyl (C=O) groups is 1. The van der Waals surface area contributed by atoms with Crippen LogP contribution in [0.4, 0.5) is 4.39 Å². The zero-order chi connectivity index (χ0) is 21.1. The molecule has 0 spiro atoms. The minimum atomic E-state index is -0.798. The second-order valence-corrected chi connectivity index (χ2v) is 7.92. The van der Waals surface area contributed by atoms with Gasteiger partial charge < -0.3 is 14.7 Å². The van der Waals surface area contributed by atoms with Crippen LogP contribution < -0.4 is 4.74 Å². The highest BCUT2D eigenvalue weighted by molar-refractivity contribution is 5.78. The second-order valence-electron chi connectivity index (χ2n) is 7.92. The number of halogens is 1. The van der Waals surface area contributed by atoms with E-state index in [1.54, 1.807) is 6.08 Å². The molecule has 2 aliphatic rings. The molecule has 0 amide bonds. The van der Waals surface area contributed by atoms with E-state index in [2.05, 4.69) is 19.1 Å². The first kappa shape index (κ1) is 20.2. The van der Waals surface area contributed by atoms with Crippen LogP contribution in [0.1, 0.15) is 36.5 Å². The molecule has 2 aromatic carbocycles. The van der Waals surface area contributed by atoms with Gasteiger partial charge in [0.2, 0.25) is 0 Å². The number of hydrogen-bond acceptors (Lipinski definition) is 3. The van der Waals surface area contributed by atoms with Gasteiger partial charge in [-0.15, -0.1) is 0 Å². The Morgan fingerprint density at radius 1 is 1.20 bits per heavy atom. The fourth-order valence-corrected chi connectivity index (χ4v) is 4.10. The Labute approximate surface area is 176 Å². The van der Waals surface area contributed by atoms with Crippen LogP contribution in [0.25, 0.3) is 5.57 Å². The van der Waals surface area contributed by atoms with Gasteiger partial charge in [-0.05, 0) is 97.0 Å². The zero-order valence-electron chi connectivity index (χ0n) is 17.1. The normalized spacial score (nSPS) is 17.5. The third-order valence-corrected chi connectivity index (χ3v) is 5.94. The third-order valence-electron chi connectivity index (χ3n) is 5.94. The summed E-state index contributed by atoms with van der Waals surface area (Å²) in [4.78, 5) is 13.1. The summed E-state index contributed by atoms with van der Waals surface area (Å²) >= 11 is 0. The van der Waals surface area contributed by atoms with Crippen LogP contribution in [0.15, 0.2) is 60.3 Å². The van der Waals surface area contributed by atoms with Crippen LogP contribution >= 0.6 is 0 Å². The highest BCUT2D eigenvalue weighted by Gasteiger charge is 2.28. The Hall–Kier alpha value is -3.08. The van der Waals surface area contributed by atoms with E-state index >= 15 is 0 Å². The summed E-state index contributed by atoms with van der Waals surface area (Å²) in [5.41, 5.74) is 6.16. The van der Waals surface area contributed by atoms with Crippen molar-refractivity contribution in [1.82, 2.24) is 4.90 Å². The molecule has 5 heteroatoms. The highest BCUT2D eigenvalue weighted by atomic mass is 19.1. The van der Waals surface area contributed by atoms with Gasteiger partial charge in [-0.25, -0.2) is 9.18 Å². The number of carboxylic acid groups (broad SMARTS) is 1. The number of allylic oxidation sites excluding steroid dienone is 1. The molecule has 0 saturated heterocycles. The fraction of sp³-hybridized carbons (Fsp3) is 0.320. The van der Waals surface area contributed by atoms with Gasteiger partial charge in [-0.1, -0.05) is 18.2 Å². The molecule has 4 nitrogen and oxygen atoms in total. The van der Waals surface area contributed by atoms with Crippen molar-refractivity contribution in [2.45, 2.75) is 38.6 Å². The van der Waals surface area contributed by atoms with Crippen molar-refractivity contribution in [3.8, 4) is 5.75 Å². The first-order valence-electron chi connectivity index (χ1n) is 10.4. The van der Waals surface area contributed by atoms with E-state index in [4.69, 9.17) is 4.74 Å². The Balaban J connectivity index is 1.34. The molecule has 30 heavy (non-hydrogen) atoms. The molecule has 0 aromatic heterocycles. The minimum Gasteiger partial charge on any atom is -0.494 e. The molecule has 1 unspecified atom stereocenters. The van der Waals surface area contributed by atoms with Gasteiger partial charge in [0, 0.05) is 6.54 Å². The van der Waals surface area contributed by atoms with Crippen LogP contribution in [0.2, 0.25) is 0 Å². The monoisotopic (exact) mass is 407 g/mol. The van der Waals surface area contributed by atoms with Crippen LogP contribution in [0, 0.1) is 5.82 Å². The van der Waals surface area contributed by atoms with E-state index in [-0.39, 0.29) is 5.82 Å². The van der Waals surface area contributed by atoms with Gasteiger partial charge >= 0.3 is 5.97 Å². The summed E-state index contributed by atoms with van der Waals surface area (Å²) in [7, 11) is 0. The molecular weight excluding hydrogens is 381 g/mol. The van der Waals surface area contributed by atoms with Crippen molar-refractivity contribution in [3.05, 3.63) is 82.8 Å². The van der Waals surface area contributed by atoms with Crippen LogP contribution in [-0.2, 0) is 17.6 Å². The molecule has 1 N–H and O–H groups in total. The quantitative estimate of drug-likeness (QED) is 0.636. The summed E-state index contributed by atoms with van der Waals surface area (Å²) in [5, 5.41) is 9.21. The Kier molecular flexibility index (Phi) is 5.88. The van der Waals surface area contributed by atoms with E-state index in [0.717, 1.165) is 37.0 Å². The number of carboxylic acids is 1. The number of aliphatic carboxylic acids is 1. The molecule has 0 bridgehead atoms. The fourth-order valence-electron chi connectivity index (χ4n) is 4.10. The highest BCUT2D eigenvalue weighted by Crippen LogP contribution is 2.34. The molecular formula is C25H26FNO3. The second kappa shape index (κ2) is 8.74. The lowest BCUT2D eigenvalue weighted by Gasteiger charge is -2.35. The SMILES string of the molecule is CC1=C(CN2C=CC2C(=O)O)CCc2cc(OCCCc3ccc(F)cc3)ccc21. The van der Waals surface area contributed by atoms with E-state index < -0.39 is 12.0 Å². The summed E-state index contributed by atoms with van der Waals surface area (Å²) < 4.78 is 18.9. The average Bonchev–Trinajstić information content (AvgIpc) is 2.70. The Morgan fingerprint density at radius 3 is 2.70 bits per heavy atom. The van der Waals surface area contributed by atoms with Gasteiger partial charge in [0.15, 0.2) is 0 Å². The Bertz CT molecular complexity index is 994. The Morgan fingerprint density at radius 2 is 2.00 bits per heavy atom. The molecule has 2 aromatic rings. The van der Waals surface area contributed by atoms with Crippen molar-refractivity contribution < 1.29 is 19.0 Å². The van der Waals surface area contributed by atoms with Crippen molar-refractivity contribution >= 4 is 11.5 Å². The summed E-state index contributed by atoms with van der Waals surface area (Å²) in [6.45, 7) is 3.41. The topological polar surface area (TPSA) is 49.8 Å². The summed E-state index contributed by atoms with van der Waals surface area (Å²) in [6.07, 6.45) is 7.18. The third kappa shape index (κ3) is 4.40. The first-order chi connectivity index (χ1) is 14.5. The number of fused-ring (bicyclic) bond motifs is 1. The lowest BCUT2D eigenvalue weighted by Crippen LogP contribution is -2.43. The van der Waals surface area contributed by atoms with E-state index in [9.17, 15) is 14.3 Å². The van der Waals surface area contributed by atoms with Crippen LogP contribution in [0.5, 0.6) is 5.75 Å². The van der Waals surface area contributed by atoms with E-state index in [1.807, 2.05) is 29.3 Å². The first-order valence-corrected chi connectivity index (χ1v) is 10.4. The minimum absolute atomic E-state index is 0.209. The predicted molar refractivity (Wildman–Crippen MR) is 115 cm³/mol. The van der Waals surface area contributed by atoms with Crippen molar-refractivity contribution in [2.75, 3.05) is 13.2 Å². The van der Waals surface area contributed by atoms with Gasteiger partial charge in [-0.2, -0.15) is 0 Å². The molecule has 0 fully saturated rings. The van der Waals surface area contributed by atoms with Crippen molar-refractivity contribution in [1.29, 1.82) is 0 Å². The van der Waals surface area contributed by atoms with Crippen LogP contribution in [-0.4, -0.2) is 35.2 Å². The predicted octanol–water partition coefficient (Wildman–Crippen LogP) is 4.84. The van der Waals surface area contributed by atoms with Crippen molar-refractivity contribution in [2.24, 2.45) is 0 Å². The van der Waals surface area contributed by atoms with Crippen molar-refractivity contribution in [3.63, 3.8) is 0 Å². The van der Waals surface area contributed by atoms with Gasteiger partial charge in [0.25, 0.3) is 0 Å². The molecule has 1 atom stereocenters. The number of ether oxygens (including phenoxy) is 1. The summed E-state index contributed by atoms with van der Waals surface area (Å²) in [6, 6.07) is 12.3. The zero-order valence-corrected chi connectivity index (χ0v) is 17.1. The number of nitrogens with zero attached hydrogens (tertiary/aromatic N) is 1. The molecule has 0 saturated carbocycles. The lowest BCUT2D eigenvalue weighted by atomic mass is 9.85. The number of benzene rings is 2. The number of hydrogen-bond donors (Lipinski definition) is 1. The molecule has 0 radical (unpaired) electrons. The van der Waals surface area contributed by atoms with E-state index in [0.29, 0.717) is 13.2 Å². The maximum absolute atomic E-state index is 13.0. The maximum Gasteiger partial charge on any atom is 0.330 e. The van der Waals surface area contributed by atoms with Gasteiger partial charge in [0.1, 0.15) is 17.6 Å². The lowest BCUT2D eigenvalue weighted by molar-refractivity contribution is -0.141. The van der Waals surface area contributed by atoms with Gasteiger partial charge in [-0.3, -0.25) is 0 Å². The molecule has 1 heterocycles. The molecule has 4 rings (SSSR count). The smallest absolute Gasteiger partial charge is 0.330 e. The number of aryl methyl sites for hydroxylation is 2. The molecule has 1 aliphatic carbocycles. The summed E-state index contributed by atoms with van der Waals surface area (Å²) in [5.74, 6) is -0.131. The van der Waals surface area contributed by atoms with Crippen LogP contribution in [0.3, 0.4) is 0 Å². The standard InChI is InChI=1S/C25H26FNO3/c1-17-20(16-27-13-12-24(27)25(28)29)7-6-19-15-22(10-11-23(17)19)30-14-2-3-18-4-8-21(26)9-5-18/h4-5,8-13,15,24H,2-3,6-7,14,16H2,1H3,(H,28,29). The number of rotatable bonds is 8. The largest absolute Gasteiger partial charge is 0.494 e. The van der Waals surface area contributed by atoms with Gasteiger partial charge in [0.05, 0.1) is 6.61 Å². The molecule has 1 aliphatic heterocycles.